The van der Waals surface area contributed by atoms with Gasteiger partial charge in [-0.25, -0.2) is 0 Å². The van der Waals surface area contributed by atoms with Crippen molar-refractivity contribution in [1.82, 2.24) is 0 Å². The number of rotatable bonds is 18. The zero-order valence-corrected chi connectivity index (χ0v) is 16.5. The number of ether oxygens (including phenoxy) is 1. The molecule has 0 aliphatic heterocycles. The molecule has 0 aliphatic rings. The van der Waals surface area contributed by atoms with Crippen LogP contribution in [0.3, 0.4) is 0 Å². The molecule has 0 aromatic carbocycles. The number of carbonyl (C=O) groups is 1. The molecule has 0 fully saturated rings. The van der Waals surface area contributed by atoms with Crippen molar-refractivity contribution in [3.63, 3.8) is 0 Å². The maximum absolute atomic E-state index is 11.4. The fraction of sp³-hybridized carbons (Fsp3) is 0.864. The number of carbonyl (C=O) groups excluding carboxylic acids is 1. The van der Waals surface area contributed by atoms with E-state index in [9.17, 15) is 4.79 Å². The molecule has 0 radical (unpaired) electrons. The van der Waals surface area contributed by atoms with Crippen LogP contribution in [0.1, 0.15) is 117 Å². The summed E-state index contributed by atoms with van der Waals surface area (Å²) in [7, 11) is 0. The van der Waals surface area contributed by atoms with Gasteiger partial charge in [0.05, 0.1) is 6.61 Å². The van der Waals surface area contributed by atoms with E-state index in [1.807, 2.05) is 0 Å². The summed E-state index contributed by atoms with van der Waals surface area (Å²) in [5, 5.41) is 0. The van der Waals surface area contributed by atoms with Crippen molar-refractivity contribution in [3.05, 3.63) is 12.2 Å². The Morgan fingerprint density at radius 2 is 1.17 bits per heavy atom. The highest BCUT2D eigenvalue weighted by molar-refractivity contribution is 5.69. The van der Waals surface area contributed by atoms with Crippen molar-refractivity contribution in [3.8, 4) is 0 Å². The van der Waals surface area contributed by atoms with E-state index < -0.39 is 0 Å². The Kier molecular flexibility index (Phi) is 19.6. The first-order chi connectivity index (χ1) is 11.8. The Morgan fingerprint density at radius 3 is 1.75 bits per heavy atom. The average molecular weight is 339 g/mol. The minimum atomic E-state index is -0.0129. The summed E-state index contributed by atoms with van der Waals surface area (Å²) >= 11 is 0. The lowest BCUT2D eigenvalue weighted by molar-refractivity contribution is -0.143. The summed E-state index contributed by atoms with van der Waals surface area (Å²) in [4.78, 5) is 11.4. The van der Waals surface area contributed by atoms with E-state index in [-0.39, 0.29) is 5.97 Å². The van der Waals surface area contributed by atoms with Crippen LogP contribution in [-0.4, -0.2) is 12.6 Å². The Labute approximate surface area is 151 Å². The Morgan fingerprint density at radius 1 is 0.667 bits per heavy atom. The predicted octanol–water partition coefficient (Wildman–Crippen LogP) is 7.37. The molecule has 0 aromatic rings. The van der Waals surface area contributed by atoms with E-state index in [4.69, 9.17) is 4.74 Å². The van der Waals surface area contributed by atoms with Crippen LogP contribution in [0.15, 0.2) is 12.2 Å². The molecule has 2 nitrogen and oxygen atoms in total. The fourth-order valence-electron chi connectivity index (χ4n) is 2.74. The van der Waals surface area contributed by atoms with Gasteiger partial charge in [-0.1, -0.05) is 83.8 Å². The van der Waals surface area contributed by atoms with Gasteiger partial charge in [-0.15, -0.1) is 0 Å². The van der Waals surface area contributed by atoms with Gasteiger partial charge >= 0.3 is 5.97 Å². The van der Waals surface area contributed by atoms with Crippen LogP contribution in [0.4, 0.5) is 0 Å². The minimum absolute atomic E-state index is 0.0129. The van der Waals surface area contributed by atoms with Crippen molar-refractivity contribution in [2.24, 2.45) is 0 Å². The summed E-state index contributed by atoms with van der Waals surface area (Å²) in [6.07, 6.45) is 24.1. The van der Waals surface area contributed by atoms with Gasteiger partial charge in [0.25, 0.3) is 0 Å². The third-order valence-electron chi connectivity index (χ3n) is 4.40. The zero-order chi connectivity index (χ0) is 17.7. The molecule has 24 heavy (non-hydrogen) atoms. The largest absolute Gasteiger partial charge is 0.466 e. The molecule has 142 valence electrons. The van der Waals surface area contributed by atoms with Gasteiger partial charge in [-0.2, -0.15) is 0 Å². The molecule has 0 unspecified atom stereocenters. The van der Waals surface area contributed by atoms with Gasteiger partial charge in [0.2, 0.25) is 0 Å². The number of esters is 1. The van der Waals surface area contributed by atoms with Gasteiger partial charge in [0, 0.05) is 6.42 Å². The number of unbranched alkanes of at least 4 members (excludes halogenated alkanes) is 12. The molecule has 0 heterocycles. The van der Waals surface area contributed by atoms with Crippen LogP contribution in [0.5, 0.6) is 0 Å². The Bertz CT molecular complexity index is 284. The van der Waals surface area contributed by atoms with Crippen LogP contribution in [-0.2, 0) is 9.53 Å². The molecule has 0 bridgehead atoms. The van der Waals surface area contributed by atoms with Gasteiger partial charge < -0.3 is 4.74 Å². The van der Waals surface area contributed by atoms with E-state index in [1.54, 1.807) is 0 Å². The second kappa shape index (κ2) is 20.3. The van der Waals surface area contributed by atoms with Crippen LogP contribution in [0.2, 0.25) is 0 Å². The van der Waals surface area contributed by atoms with E-state index in [0.29, 0.717) is 13.0 Å². The highest BCUT2D eigenvalue weighted by atomic mass is 16.5. The van der Waals surface area contributed by atoms with Gasteiger partial charge in [-0.05, 0) is 38.5 Å². The number of hydrogen-bond donors (Lipinski definition) is 0. The molecule has 0 rings (SSSR count). The molecule has 0 spiro atoms. The highest BCUT2D eigenvalue weighted by Crippen LogP contribution is 2.10. The van der Waals surface area contributed by atoms with Crippen molar-refractivity contribution < 1.29 is 9.53 Å². The van der Waals surface area contributed by atoms with Crippen molar-refractivity contribution in [2.75, 3.05) is 6.61 Å². The Hall–Kier alpha value is -0.790. The maximum atomic E-state index is 11.4. The first kappa shape index (κ1) is 23.2. The highest BCUT2D eigenvalue weighted by Gasteiger charge is 2.01. The molecule has 0 saturated carbocycles. The normalized spacial score (nSPS) is 11.2. The van der Waals surface area contributed by atoms with Crippen LogP contribution in [0, 0.1) is 0 Å². The average Bonchev–Trinajstić information content (AvgIpc) is 2.58. The monoisotopic (exact) mass is 338 g/mol. The molecule has 0 aromatic heterocycles. The second-order valence-electron chi connectivity index (χ2n) is 6.91. The van der Waals surface area contributed by atoms with E-state index in [0.717, 1.165) is 25.7 Å². The number of hydrogen-bond acceptors (Lipinski definition) is 2. The third kappa shape index (κ3) is 19.3. The summed E-state index contributed by atoms with van der Waals surface area (Å²) in [5.41, 5.74) is 0. The summed E-state index contributed by atoms with van der Waals surface area (Å²) < 4.78 is 5.15. The van der Waals surface area contributed by atoms with E-state index in [1.165, 1.54) is 70.6 Å². The van der Waals surface area contributed by atoms with Gasteiger partial charge in [0.15, 0.2) is 0 Å². The molecular weight excluding hydrogens is 296 g/mol. The smallest absolute Gasteiger partial charge is 0.305 e. The molecule has 0 saturated heterocycles. The van der Waals surface area contributed by atoms with Crippen molar-refractivity contribution in [1.29, 1.82) is 0 Å². The summed E-state index contributed by atoms with van der Waals surface area (Å²) in [5.74, 6) is -0.0129. The Balaban J connectivity index is 3.16. The zero-order valence-electron chi connectivity index (χ0n) is 16.5. The summed E-state index contributed by atoms with van der Waals surface area (Å²) in [6, 6.07) is 0. The van der Waals surface area contributed by atoms with Crippen LogP contribution in [0.25, 0.3) is 0 Å². The SMILES string of the molecule is CCCCCCCC/C=C\CCCCCCCC(=O)OCCCC. The topological polar surface area (TPSA) is 26.3 Å². The molecule has 0 atom stereocenters. The standard InChI is InChI=1S/C22H42O2/c1-3-5-7-8-9-10-11-12-13-14-15-16-17-18-19-20-22(23)24-21-6-4-2/h12-13H,3-11,14-21H2,1-2H3/b13-12-. The predicted molar refractivity (Wildman–Crippen MR) is 105 cm³/mol. The molecule has 0 aliphatic carbocycles. The van der Waals surface area contributed by atoms with Gasteiger partial charge in [0.1, 0.15) is 0 Å². The quantitative estimate of drug-likeness (QED) is 0.148. The van der Waals surface area contributed by atoms with Crippen LogP contribution >= 0.6 is 0 Å². The van der Waals surface area contributed by atoms with Crippen LogP contribution < -0.4 is 0 Å². The van der Waals surface area contributed by atoms with Crippen molar-refractivity contribution in [2.45, 2.75) is 117 Å². The van der Waals surface area contributed by atoms with Crippen molar-refractivity contribution >= 4 is 5.97 Å². The first-order valence-corrected chi connectivity index (χ1v) is 10.6. The lowest BCUT2D eigenvalue weighted by atomic mass is 10.1. The lowest BCUT2D eigenvalue weighted by Gasteiger charge is -2.03. The minimum Gasteiger partial charge on any atom is -0.466 e. The molecular formula is C22H42O2. The second-order valence-corrected chi connectivity index (χ2v) is 6.91. The molecule has 0 amide bonds. The maximum Gasteiger partial charge on any atom is 0.305 e. The molecule has 0 N–H and O–H groups in total. The van der Waals surface area contributed by atoms with Gasteiger partial charge in [-0.3, -0.25) is 4.79 Å². The number of allylic oxidation sites excluding steroid dienone is 2. The van der Waals surface area contributed by atoms with E-state index >= 15 is 0 Å². The fourth-order valence-corrected chi connectivity index (χ4v) is 2.74. The lowest BCUT2D eigenvalue weighted by Crippen LogP contribution is -2.05. The summed E-state index contributed by atoms with van der Waals surface area (Å²) in [6.45, 7) is 4.98. The van der Waals surface area contributed by atoms with E-state index in [2.05, 4.69) is 26.0 Å². The third-order valence-corrected chi connectivity index (χ3v) is 4.40. The first-order valence-electron chi connectivity index (χ1n) is 10.6. The molecule has 2 heteroatoms.